The zero-order valence-electron chi connectivity index (χ0n) is 13.3. The van der Waals surface area contributed by atoms with Crippen molar-refractivity contribution in [3.05, 3.63) is 18.0 Å². The maximum atomic E-state index is 11.0. The largest absolute Gasteiger partial charge is 0.550 e. The fourth-order valence-corrected chi connectivity index (χ4v) is 1.69. The van der Waals surface area contributed by atoms with Crippen molar-refractivity contribution < 1.29 is 33.7 Å². The number of carbonyl (C=O) groups is 2. The number of hydrogen-bond donors (Lipinski definition) is 0. The Morgan fingerprint density at radius 1 is 1.36 bits per heavy atom. The second kappa shape index (κ2) is 8.21. The van der Waals surface area contributed by atoms with Gasteiger partial charge in [0.1, 0.15) is 0 Å². The first-order chi connectivity index (χ1) is 10.3. The second-order valence-electron chi connectivity index (χ2n) is 4.95. The second-order valence-corrected chi connectivity index (χ2v) is 4.95. The number of carboxylic acid groups (broad SMARTS) is 1. The van der Waals surface area contributed by atoms with Crippen molar-refractivity contribution in [1.29, 1.82) is 0 Å². The monoisotopic (exact) mass is 311 g/mol. The van der Waals surface area contributed by atoms with Gasteiger partial charge in [-0.2, -0.15) is 4.84 Å². The third-order valence-electron chi connectivity index (χ3n) is 2.85. The van der Waals surface area contributed by atoms with Crippen molar-refractivity contribution in [2.75, 3.05) is 13.7 Å². The lowest BCUT2D eigenvalue weighted by Gasteiger charge is -2.10. The quantitative estimate of drug-likeness (QED) is 0.700. The number of rotatable bonds is 5. The predicted molar refractivity (Wildman–Crippen MR) is 74.1 cm³/mol. The van der Waals surface area contributed by atoms with Gasteiger partial charge in [-0.15, -0.1) is 0 Å². The minimum atomic E-state index is -1.08. The molecule has 1 aliphatic rings. The van der Waals surface area contributed by atoms with E-state index in [9.17, 15) is 4.79 Å². The van der Waals surface area contributed by atoms with E-state index in [2.05, 4.69) is 0 Å². The van der Waals surface area contributed by atoms with Gasteiger partial charge in [-0.25, -0.2) is 4.79 Å². The van der Waals surface area contributed by atoms with Crippen molar-refractivity contribution in [3.8, 4) is 11.5 Å². The van der Waals surface area contributed by atoms with Gasteiger partial charge in [0.25, 0.3) is 5.69 Å². The van der Waals surface area contributed by atoms with E-state index in [1.165, 1.54) is 24.5 Å². The molecule has 1 aromatic heterocycles. The molecule has 7 nitrogen and oxygen atoms in total. The maximum absolute atomic E-state index is 11.0. The van der Waals surface area contributed by atoms with E-state index in [0.717, 1.165) is 6.92 Å². The lowest BCUT2D eigenvalue weighted by Crippen LogP contribution is -2.47. The number of pyridine rings is 1. The van der Waals surface area contributed by atoms with E-state index < -0.39 is 5.97 Å². The van der Waals surface area contributed by atoms with Crippen molar-refractivity contribution in [2.45, 2.75) is 33.6 Å². The molecule has 0 spiro atoms. The van der Waals surface area contributed by atoms with E-state index in [1.54, 1.807) is 19.4 Å². The summed E-state index contributed by atoms with van der Waals surface area (Å²) in [6.07, 6.45) is 4.13. The van der Waals surface area contributed by atoms with Gasteiger partial charge in [0.05, 0.1) is 19.8 Å². The van der Waals surface area contributed by atoms with Gasteiger partial charge >= 0.3 is 5.97 Å². The number of carbonyl (C=O) groups excluding carboxylic acids is 2. The molecule has 0 unspecified atom stereocenters. The summed E-state index contributed by atoms with van der Waals surface area (Å²) in [6, 6.07) is 1.75. The average Bonchev–Trinajstić information content (AvgIpc) is 3.22. The zero-order chi connectivity index (χ0) is 16.7. The Morgan fingerprint density at radius 3 is 2.41 bits per heavy atom. The van der Waals surface area contributed by atoms with E-state index in [-0.39, 0.29) is 5.97 Å². The summed E-state index contributed by atoms with van der Waals surface area (Å²) in [4.78, 5) is 24.9. The van der Waals surface area contributed by atoms with Crippen molar-refractivity contribution in [3.63, 3.8) is 0 Å². The van der Waals surface area contributed by atoms with Crippen LogP contribution in [0.1, 0.15) is 32.4 Å². The van der Waals surface area contributed by atoms with Crippen molar-refractivity contribution >= 4 is 11.9 Å². The summed E-state index contributed by atoms with van der Waals surface area (Å²) >= 11 is 0. The van der Waals surface area contributed by atoms with Crippen LogP contribution < -0.4 is 24.1 Å². The highest BCUT2D eigenvalue weighted by Crippen LogP contribution is 2.33. The summed E-state index contributed by atoms with van der Waals surface area (Å²) in [7, 11) is 1.57. The number of hydrogen-bond acceptors (Lipinski definition) is 6. The molecule has 0 aliphatic heterocycles. The first-order valence-corrected chi connectivity index (χ1v) is 6.93. The van der Waals surface area contributed by atoms with Gasteiger partial charge < -0.3 is 19.4 Å². The summed E-state index contributed by atoms with van der Waals surface area (Å²) < 4.78 is 12.4. The van der Waals surface area contributed by atoms with Gasteiger partial charge in [-0.05, 0) is 25.7 Å². The van der Waals surface area contributed by atoms with Gasteiger partial charge in [0.2, 0.25) is 11.9 Å². The molecule has 7 heteroatoms. The lowest BCUT2D eigenvalue weighted by atomic mass is 10.3. The molecule has 22 heavy (non-hydrogen) atoms. The van der Waals surface area contributed by atoms with Crippen LogP contribution in [0.4, 0.5) is 0 Å². The molecular weight excluding hydrogens is 290 g/mol. The molecule has 1 aliphatic carbocycles. The van der Waals surface area contributed by atoms with Gasteiger partial charge in [-0.1, -0.05) is 0 Å². The topological polar surface area (TPSA) is 88.8 Å². The van der Waals surface area contributed by atoms with Crippen LogP contribution in [0.2, 0.25) is 0 Å². The molecule has 1 aromatic rings. The van der Waals surface area contributed by atoms with Gasteiger partial charge in [0, 0.05) is 24.5 Å². The smallest absolute Gasteiger partial charge is 0.377 e. The Kier molecular flexibility index (Phi) is 6.62. The number of aromatic nitrogens is 1. The standard InChI is InChI=1S/C13H18NO4.C2H4O2/c1-9-13(16-3)12(17-8-11-4-5-11)6-7-14(9)18-10(2)15;1-2(3)4/h6-7,11H,4-5,8H2,1-3H3;1H3,(H,3,4)/q+1;/p-1. The number of nitrogens with zero attached hydrogens (tertiary/aromatic N) is 1. The van der Waals surface area contributed by atoms with Crippen molar-refractivity contribution in [1.82, 2.24) is 0 Å². The Hall–Kier alpha value is -2.31. The Labute approximate surface area is 129 Å². The molecule has 1 fully saturated rings. The molecule has 1 saturated carbocycles. The fourth-order valence-electron chi connectivity index (χ4n) is 1.69. The third kappa shape index (κ3) is 5.99. The molecule has 0 atom stereocenters. The first kappa shape index (κ1) is 17.7. The average molecular weight is 311 g/mol. The zero-order valence-corrected chi connectivity index (χ0v) is 13.3. The lowest BCUT2D eigenvalue weighted by molar-refractivity contribution is -0.873. The Morgan fingerprint density at radius 2 is 1.95 bits per heavy atom. The molecule has 0 aromatic carbocycles. The van der Waals surface area contributed by atoms with Crippen LogP contribution in [-0.2, 0) is 9.59 Å². The third-order valence-corrected chi connectivity index (χ3v) is 2.85. The molecular formula is C15H21NO6. The highest BCUT2D eigenvalue weighted by molar-refractivity contribution is 5.65. The van der Waals surface area contributed by atoms with Crippen LogP contribution in [-0.4, -0.2) is 25.7 Å². The first-order valence-electron chi connectivity index (χ1n) is 6.93. The number of methoxy groups -OCH3 is 1. The Bertz CT molecular complexity index is 535. The molecule has 1 heterocycles. The number of aliphatic carboxylic acids is 1. The number of ether oxygens (including phenoxy) is 2. The molecule has 0 amide bonds. The predicted octanol–water partition coefficient (Wildman–Crippen LogP) is -0.189. The molecule has 0 bridgehead atoms. The molecule has 0 N–H and O–H groups in total. The summed E-state index contributed by atoms with van der Waals surface area (Å²) in [5.74, 6) is 0.498. The normalized spacial score (nSPS) is 12.7. The van der Waals surface area contributed by atoms with Crippen LogP contribution in [0.3, 0.4) is 0 Å². The van der Waals surface area contributed by atoms with Crippen LogP contribution in [0.5, 0.6) is 11.5 Å². The van der Waals surface area contributed by atoms with E-state index in [0.29, 0.717) is 29.7 Å². The van der Waals surface area contributed by atoms with E-state index in [1.807, 2.05) is 6.92 Å². The Balaban J connectivity index is 0.000000541. The minimum Gasteiger partial charge on any atom is -0.550 e. The summed E-state index contributed by atoms with van der Waals surface area (Å²) in [5.41, 5.74) is 0.695. The fraction of sp³-hybridized carbons (Fsp3) is 0.533. The highest BCUT2D eigenvalue weighted by Gasteiger charge is 2.25. The van der Waals surface area contributed by atoms with Gasteiger partial charge in [-0.3, -0.25) is 0 Å². The summed E-state index contributed by atoms with van der Waals surface area (Å²) in [6.45, 7) is 4.86. The summed E-state index contributed by atoms with van der Waals surface area (Å²) in [5, 5.41) is 8.89. The highest BCUT2D eigenvalue weighted by atomic mass is 16.7. The molecule has 0 radical (unpaired) electrons. The van der Waals surface area contributed by atoms with Crippen LogP contribution in [0.25, 0.3) is 0 Å². The van der Waals surface area contributed by atoms with Crippen molar-refractivity contribution in [2.24, 2.45) is 5.92 Å². The van der Waals surface area contributed by atoms with E-state index in [4.69, 9.17) is 24.2 Å². The SMILES string of the molecule is CC(=O)[O-].COc1c(OCC2CC2)cc[n+](OC(C)=O)c1C. The van der Waals surface area contributed by atoms with Gasteiger partial charge in [0.15, 0.2) is 5.75 Å². The maximum Gasteiger partial charge on any atom is 0.377 e. The van der Waals surface area contributed by atoms with Crippen LogP contribution in [0, 0.1) is 12.8 Å². The molecule has 2 rings (SSSR count). The van der Waals surface area contributed by atoms with Crippen LogP contribution in [0.15, 0.2) is 12.3 Å². The molecule has 0 saturated heterocycles. The number of carboxylic acids is 1. The molecule has 122 valence electrons. The van der Waals surface area contributed by atoms with Crippen LogP contribution >= 0.6 is 0 Å². The van der Waals surface area contributed by atoms with E-state index >= 15 is 0 Å². The minimum absolute atomic E-state index is 0.378.